The highest BCUT2D eigenvalue weighted by Gasteiger charge is 2.35. The van der Waals surface area contributed by atoms with Crippen LogP contribution in [0.2, 0.25) is 5.02 Å². The van der Waals surface area contributed by atoms with Crippen LogP contribution in [-0.2, 0) is 15.0 Å². The number of hydrogen-bond donors (Lipinski definition) is 1. The predicted octanol–water partition coefficient (Wildman–Crippen LogP) is 4.63. The maximum Gasteiger partial charge on any atom is 0.229 e. The Morgan fingerprint density at radius 3 is 2.58 bits per heavy atom. The van der Waals surface area contributed by atoms with Crippen molar-refractivity contribution >= 4 is 34.8 Å². The van der Waals surface area contributed by atoms with Crippen LogP contribution in [0, 0.1) is 5.92 Å². The maximum atomic E-state index is 12.8. The molecule has 2 aromatic rings. The molecule has 1 atom stereocenters. The lowest BCUT2D eigenvalue weighted by molar-refractivity contribution is -0.122. The number of amides is 2. The first kappa shape index (κ1) is 18.5. The number of nitrogens with one attached hydrogen (secondary N) is 1. The Kier molecular flexibility index (Phi) is 5.05. The molecule has 3 rings (SSSR count). The smallest absolute Gasteiger partial charge is 0.229 e. The van der Waals surface area contributed by atoms with Crippen LogP contribution in [-0.4, -0.2) is 18.4 Å². The molecule has 1 fully saturated rings. The van der Waals surface area contributed by atoms with Gasteiger partial charge < -0.3 is 10.2 Å². The van der Waals surface area contributed by atoms with E-state index in [9.17, 15) is 9.59 Å². The highest BCUT2D eigenvalue weighted by Crippen LogP contribution is 2.31. The first-order valence-electron chi connectivity index (χ1n) is 8.72. The summed E-state index contributed by atoms with van der Waals surface area (Å²) in [6.07, 6.45) is 0.204. The number of rotatable bonds is 3. The lowest BCUT2D eigenvalue weighted by atomic mass is 9.85. The Morgan fingerprint density at radius 2 is 1.88 bits per heavy atom. The van der Waals surface area contributed by atoms with Crippen molar-refractivity contribution in [2.45, 2.75) is 32.6 Å². The molecule has 1 heterocycles. The number of nitrogens with zero attached hydrogens (tertiary/aromatic N) is 1. The van der Waals surface area contributed by atoms with Crippen molar-refractivity contribution in [1.82, 2.24) is 0 Å². The van der Waals surface area contributed by atoms with Gasteiger partial charge in [0.15, 0.2) is 0 Å². The molecule has 2 aromatic carbocycles. The molecule has 2 amide bonds. The van der Waals surface area contributed by atoms with Gasteiger partial charge in [-0.3, -0.25) is 9.59 Å². The third kappa shape index (κ3) is 3.91. The van der Waals surface area contributed by atoms with Crippen LogP contribution < -0.4 is 10.2 Å². The Labute approximate surface area is 159 Å². The molecule has 0 radical (unpaired) electrons. The van der Waals surface area contributed by atoms with Gasteiger partial charge in [-0.2, -0.15) is 0 Å². The Bertz CT molecular complexity index is 842. The molecule has 26 heavy (non-hydrogen) atoms. The lowest BCUT2D eigenvalue weighted by Gasteiger charge is -2.23. The molecule has 0 aliphatic carbocycles. The second-order valence-electron chi connectivity index (χ2n) is 7.67. The van der Waals surface area contributed by atoms with Gasteiger partial charge in [-0.1, -0.05) is 56.6 Å². The van der Waals surface area contributed by atoms with Crippen molar-refractivity contribution < 1.29 is 9.59 Å². The van der Waals surface area contributed by atoms with Crippen LogP contribution in [0.3, 0.4) is 0 Å². The number of benzene rings is 2. The standard InChI is InChI=1S/C21H23ClN2O2/c1-21(2,3)17-9-4-5-10-18(17)23-20(26)14-11-19(25)24(13-14)16-8-6-7-15(22)12-16/h4-10,12,14H,11,13H2,1-3H3,(H,23,26). The fourth-order valence-electron chi connectivity index (χ4n) is 3.26. The molecule has 1 aliphatic heterocycles. The summed E-state index contributed by atoms with van der Waals surface area (Å²) in [4.78, 5) is 26.8. The summed E-state index contributed by atoms with van der Waals surface area (Å²) in [5.74, 6) is -0.564. The molecule has 0 spiro atoms. The van der Waals surface area contributed by atoms with E-state index in [2.05, 4.69) is 26.1 Å². The van der Waals surface area contributed by atoms with E-state index in [4.69, 9.17) is 11.6 Å². The van der Waals surface area contributed by atoms with Crippen molar-refractivity contribution in [3.63, 3.8) is 0 Å². The number of anilines is 2. The van der Waals surface area contributed by atoms with Crippen molar-refractivity contribution in [3.05, 3.63) is 59.1 Å². The summed E-state index contributed by atoms with van der Waals surface area (Å²) in [6.45, 7) is 6.69. The largest absolute Gasteiger partial charge is 0.326 e. The van der Waals surface area contributed by atoms with Crippen LogP contribution in [0.15, 0.2) is 48.5 Å². The highest BCUT2D eigenvalue weighted by molar-refractivity contribution is 6.31. The summed E-state index contributed by atoms with van der Waals surface area (Å²) >= 11 is 6.02. The second-order valence-corrected chi connectivity index (χ2v) is 8.11. The van der Waals surface area contributed by atoms with Gasteiger partial charge in [0.05, 0.1) is 5.92 Å². The molecule has 5 heteroatoms. The molecule has 0 bridgehead atoms. The third-order valence-corrected chi connectivity index (χ3v) is 4.84. The van der Waals surface area contributed by atoms with Crippen molar-refractivity contribution in [3.8, 4) is 0 Å². The first-order valence-corrected chi connectivity index (χ1v) is 9.10. The fourth-order valence-corrected chi connectivity index (χ4v) is 3.44. The number of hydrogen-bond acceptors (Lipinski definition) is 2. The average Bonchev–Trinajstić information content (AvgIpc) is 2.96. The van der Waals surface area contributed by atoms with E-state index in [1.807, 2.05) is 30.3 Å². The Morgan fingerprint density at radius 1 is 1.15 bits per heavy atom. The predicted molar refractivity (Wildman–Crippen MR) is 106 cm³/mol. The maximum absolute atomic E-state index is 12.8. The van der Waals surface area contributed by atoms with Crippen LogP contribution in [0.5, 0.6) is 0 Å². The quantitative estimate of drug-likeness (QED) is 0.856. The Hall–Kier alpha value is -2.33. The van der Waals surface area contributed by atoms with Crippen molar-refractivity contribution in [2.24, 2.45) is 5.92 Å². The van der Waals surface area contributed by atoms with E-state index >= 15 is 0 Å². The molecule has 0 aromatic heterocycles. The average molecular weight is 371 g/mol. The van der Waals surface area contributed by atoms with Gasteiger partial charge >= 0.3 is 0 Å². The topological polar surface area (TPSA) is 49.4 Å². The minimum Gasteiger partial charge on any atom is -0.326 e. The minimum absolute atomic E-state index is 0.0588. The molecule has 0 saturated carbocycles. The zero-order valence-electron chi connectivity index (χ0n) is 15.3. The van der Waals surface area contributed by atoms with Gasteiger partial charge in [0.25, 0.3) is 0 Å². The SMILES string of the molecule is CC(C)(C)c1ccccc1NC(=O)C1CC(=O)N(c2cccc(Cl)c2)C1. The molecule has 4 nitrogen and oxygen atoms in total. The van der Waals surface area contributed by atoms with Gasteiger partial charge in [0.1, 0.15) is 0 Å². The summed E-state index contributed by atoms with van der Waals surface area (Å²) in [5, 5.41) is 3.59. The zero-order chi connectivity index (χ0) is 18.9. The monoisotopic (exact) mass is 370 g/mol. The van der Waals surface area contributed by atoms with Crippen LogP contribution in [0.4, 0.5) is 11.4 Å². The molecule has 1 unspecified atom stereocenters. The minimum atomic E-state index is -0.380. The van der Waals surface area contributed by atoms with E-state index in [-0.39, 0.29) is 29.6 Å². The van der Waals surface area contributed by atoms with Gasteiger partial charge in [-0.25, -0.2) is 0 Å². The first-order chi connectivity index (χ1) is 12.3. The van der Waals surface area contributed by atoms with Gasteiger partial charge in [-0.05, 0) is 35.2 Å². The highest BCUT2D eigenvalue weighted by atomic mass is 35.5. The summed E-state index contributed by atoms with van der Waals surface area (Å²) in [6, 6.07) is 14.9. The van der Waals surface area contributed by atoms with Crippen LogP contribution in [0.25, 0.3) is 0 Å². The fraction of sp³-hybridized carbons (Fsp3) is 0.333. The molecular formula is C21H23ClN2O2. The van der Waals surface area contributed by atoms with Crippen molar-refractivity contribution in [2.75, 3.05) is 16.8 Å². The number of halogens is 1. The molecule has 1 saturated heterocycles. The Balaban J connectivity index is 1.75. The van der Waals surface area contributed by atoms with Gasteiger partial charge in [0.2, 0.25) is 11.8 Å². The molecule has 1 aliphatic rings. The second kappa shape index (κ2) is 7.12. The van der Waals surface area contributed by atoms with E-state index < -0.39 is 0 Å². The van der Waals surface area contributed by atoms with Gasteiger partial charge in [0, 0.05) is 29.4 Å². The van der Waals surface area contributed by atoms with E-state index in [1.165, 1.54) is 0 Å². The summed E-state index contributed by atoms with van der Waals surface area (Å²) in [7, 11) is 0. The zero-order valence-corrected chi connectivity index (χ0v) is 16.0. The van der Waals surface area contributed by atoms with E-state index in [1.54, 1.807) is 23.1 Å². The number of carbonyl (C=O) groups is 2. The lowest BCUT2D eigenvalue weighted by Crippen LogP contribution is -2.28. The van der Waals surface area contributed by atoms with Crippen LogP contribution >= 0.6 is 11.6 Å². The normalized spacial score (nSPS) is 17.5. The van der Waals surface area contributed by atoms with E-state index in [0.717, 1.165) is 16.9 Å². The van der Waals surface area contributed by atoms with E-state index in [0.29, 0.717) is 11.6 Å². The third-order valence-electron chi connectivity index (χ3n) is 4.61. The van der Waals surface area contributed by atoms with Crippen molar-refractivity contribution in [1.29, 1.82) is 0 Å². The summed E-state index contributed by atoms with van der Waals surface area (Å²) in [5.41, 5.74) is 2.53. The number of carbonyl (C=O) groups excluding carboxylic acids is 2. The molecule has 136 valence electrons. The molecule has 1 N–H and O–H groups in total. The number of para-hydroxylation sites is 1. The van der Waals surface area contributed by atoms with Gasteiger partial charge in [-0.15, -0.1) is 0 Å². The van der Waals surface area contributed by atoms with Crippen LogP contribution in [0.1, 0.15) is 32.8 Å². The molecular weight excluding hydrogens is 348 g/mol. The summed E-state index contributed by atoms with van der Waals surface area (Å²) < 4.78 is 0.